The summed E-state index contributed by atoms with van der Waals surface area (Å²) in [7, 11) is -4.02. The molecule has 0 spiro atoms. The van der Waals surface area contributed by atoms with E-state index in [2.05, 4.69) is 10.5 Å². The molecule has 0 atom stereocenters. The standard InChI is InChI=1S/C26H28ClN3O3S/c1-17-6-11-24(12-7-17)34(32,33)30(25-13-10-23(27)14-19(25)3)16-26(31)29-28-15-22-9-8-18(2)20(4)21(22)5/h6-15H,16H2,1-5H3,(H,29,31)/b28-15-. The number of hydrogen-bond donors (Lipinski definition) is 1. The third-order valence-electron chi connectivity index (χ3n) is 5.82. The number of amides is 1. The summed E-state index contributed by atoms with van der Waals surface area (Å²) in [5.41, 5.74) is 8.66. The topological polar surface area (TPSA) is 78.8 Å². The second-order valence-electron chi connectivity index (χ2n) is 8.27. The zero-order valence-corrected chi connectivity index (χ0v) is 21.5. The van der Waals surface area contributed by atoms with Crippen molar-refractivity contribution in [1.29, 1.82) is 0 Å². The predicted molar refractivity (Wildman–Crippen MR) is 138 cm³/mol. The molecule has 0 fully saturated rings. The Kier molecular flexibility index (Phi) is 7.79. The number of halogens is 1. The molecule has 0 saturated carbocycles. The van der Waals surface area contributed by atoms with Gasteiger partial charge in [-0.25, -0.2) is 13.8 Å². The zero-order chi connectivity index (χ0) is 25.0. The molecule has 0 saturated heterocycles. The summed E-state index contributed by atoms with van der Waals surface area (Å²) >= 11 is 6.07. The van der Waals surface area contributed by atoms with Crippen LogP contribution in [0.3, 0.4) is 0 Å². The van der Waals surface area contributed by atoms with Crippen molar-refractivity contribution in [2.45, 2.75) is 39.5 Å². The first-order valence-electron chi connectivity index (χ1n) is 10.7. The van der Waals surface area contributed by atoms with Crippen LogP contribution in [-0.4, -0.2) is 27.1 Å². The minimum Gasteiger partial charge on any atom is -0.271 e. The molecule has 0 radical (unpaired) electrons. The second-order valence-corrected chi connectivity index (χ2v) is 10.6. The Hall–Kier alpha value is -3.16. The van der Waals surface area contributed by atoms with Gasteiger partial charge in [0.1, 0.15) is 6.54 Å². The highest BCUT2D eigenvalue weighted by atomic mass is 35.5. The van der Waals surface area contributed by atoms with Crippen molar-refractivity contribution in [3.8, 4) is 0 Å². The minimum absolute atomic E-state index is 0.0921. The van der Waals surface area contributed by atoms with Crippen molar-refractivity contribution >= 4 is 39.4 Å². The molecule has 1 N–H and O–H groups in total. The fourth-order valence-electron chi connectivity index (χ4n) is 3.49. The highest BCUT2D eigenvalue weighted by Crippen LogP contribution is 2.29. The first-order valence-corrected chi connectivity index (χ1v) is 12.6. The van der Waals surface area contributed by atoms with Crippen LogP contribution in [0.2, 0.25) is 5.02 Å². The monoisotopic (exact) mass is 497 g/mol. The number of benzene rings is 3. The first kappa shape index (κ1) is 25.5. The van der Waals surface area contributed by atoms with E-state index in [1.54, 1.807) is 43.5 Å². The Labute approximate surface area is 206 Å². The molecule has 6 nitrogen and oxygen atoms in total. The van der Waals surface area contributed by atoms with E-state index < -0.39 is 22.5 Å². The van der Waals surface area contributed by atoms with Crippen LogP contribution >= 0.6 is 11.6 Å². The maximum atomic E-state index is 13.5. The molecule has 0 aliphatic heterocycles. The second kappa shape index (κ2) is 10.4. The molecule has 0 aliphatic rings. The molecule has 0 bridgehead atoms. The fourth-order valence-corrected chi connectivity index (χ4v) is 5.20. The molecule has 3 aromatic carbocycles. The molecule has 34 heavy (non-hydrogen) atoms. The molecule has 3 rings (SSSR count). The first-order chi connectivity index (χ1) is 16.0. The zero-order valence-electron chi connectivity index (χ0n) is 19.9. The van der Waals surface area contributed by atoms with Crippen LogP contribution in [0.5, 0.6) is 0 Å². The Morgan fingerprint density at radius 1 is 0.941 bits per heavy atom. The molecule has 178 valence electrons. The minimum atomic E-state index is -4.02. The average Bonchev–Trinajstić information content (AvgIpc) is 2.78. The number of hydrazone groups is 1. The van der Waals surface area contributed by atoms with E-state index in [0.717, 1.165) is 26.6 Å². The van der Waals surface area contributed by atoms with Gasteiger partial charge in [0.15, 0.2) is 0 Å². The van der Waals surface area contributed by atoms with Crippen molar-refractivity contribution in [2.24, 2.45) is 5.10 Å². The van der Waals surface area contributed by atoms with Gasteiger partial charge in [0.05, 0.1) is 16.8 Å². The summed E-state index contributed by atoms with van der Waals surface area (Å²) in [4.78, 5) is 12.9. The molecule has 8 heteroatoms. The van der Waals surface area contributed by atoms with E-state index in [1.807, 2.05) is 39.8 Å². The summed E-state index contributed by atoms with van der Waals surface area (Å²) in [5.74, 6) is -0.567. The molecule has 0 heterocycles. The van der Waals surface area contributed by atoms with E-state index in [0.29, 0.717) is 16.3 Å². The number of nitrogens with one attached hydrogen (secondary N) is 1. The summed E-state index contributed by atoms with van der Waals surface area (Å²) in [5, 5.41) is 4.53. The number of nitrogens with zero attached hydrogens (tertiary/aromatic N) is 2. The van der Waals surface area contributed by atoms with Crippen LogP contribution in [-0.2, 0) is 14.8 Å². The van der Waals surface area contributed by atoms with Gasteiger partial charge in [0.25, 0.3) is 15.9 Å². The van der Waals surface area contributed by atoms with E-state index >= 15 is 0 Å². The molecular formula is C26H28ClN3O3S. The highest BCUT2D eigenvalue weighted by molar-refractivity contribution is 7.92. The van der Waals surface area contributed by atoms with Crippen LogP contribution < -0.4 is 9.73 Å². The molecule has 0 unspecified atom stereocenters. The lowest BCUT2D eigenvalue weighted by atomic mass is 10.00. The van der Waals surface area contributed by atoms with Crippen molar-refractivity contribution in [3.63, 3.8) is 0 Å². The Morgan fingerprint density at radius 2 is 1.62 bits per heavy atom. The van der Waals surface area contributed by atoms with Crippen LogP contribution in [0.4, 0.5) is 5.69 Å². The van der Waals surface area contributed by atoms with Crippen molar-refractivity contribution < 1.29 is 13.2 Å². The summed E-state index contributed by atoms with van der Waals surface area (Å²) < 4.78 is 28.1. The Bertz CT molecular complexity index is 1350. The number of aryl methyl sites for hydroxylation is 3. The maximum absolute atomic E-state index is 13.5. The predicted octanol–water partition coefficient (Wildman–Crippen LogP) is 5.23. The quantitative estimate of drug-likeness (QED) is 0.358. The third-order valence-corrected chi connectivity index (χ3v) is 7.83. The van der Waals surface area contributed by atoms with Gasteiger partial charge in [-0.05, 0) is 92.8 Å². The van der Waals surface area contributed by atoms with Crippen molar-refractivity contribution in [2.75, 3.05) is 10.8 Å². The highest BCUT2D eigenvalue weighted by Gasteiger charge is 2.28. The molecule has 3 aromatic rings. The summed E-state index contributed by atoms with van der Waals surface area (Å²) in [6.07, 6.45) is 1.56. The molecule has 0 aromatic heterocycles. The largest absolute Gasteiger partial charge is 0.271 e. The molecule has 1 amide bonds. The molecular weight excluding hydrogens is 470 g/mol. The van der Waals surface area contributed by atoms with Crippen molar-refractivity contribution in [3.05, 3.63) is 93.0 Å². The van der Waals surface area contributed by atoms with Crippen LogP contribution in [0.15, 0.2) is 64.6 Å². The van der Waals surface area contributed by atoms with Gasteiger partial charge in [0, 0.05) is 5.02 Å². The number of hydrogen-bond acceptors (Lipinski definition) is 4. The maximum Gasteiger partial charge on any atom is 0.264 e. The number of carbonyl (C=O) groups excluding carboxylic acids is 1. The smallest absolute Gasteiger partial charge is 0.264 e. The van der Waals surface area contributed by atoms with E-state index in [9.17, 15) is 13.2 Å². The van der Waals surface area contributed by atoms with E-state index in [-0.39, 0.29) is 4.90 Å². The van der Waals surface area contributed by atoms with Gasteiger partial charge in [0.2, 0.25) is 0 Å². The van der Waals surface area contributed by atoms with Crippen molar-refractivity contribution in [1.82, 2.24) is 5.43 Å². The lowest BCUT2D eigenvalue weighted by molar-refractivity contribution is -0.119. The van der Waals surface area contributed by atoms with Crippen LogP contribution in [0.1, 0.15) is 33.4 Å². The van der Waals surface area contributed by atoms with Crippen LogP contribution in [0.25, 0.3) is 0 Å². The normalized spacial score (nSPS) is 11.6. The number of rotatable bonds is 7. The Balaban J connectivity index is 1.89. The summed E-state index contributed by atoms with van der Waals surface area (Å²) in [6.45, 7) is 9.24. The van der Waals surface area contributed by atoms with Gasteiger partial charge < -0.3 is 0 Å². The van der Waals surface area contributed by atoms with E-state index in [4.69, 9.17) is 11.6 Å². The number of sulfonamides is 1. The average molecular weight is 498 g/mol. The van der Waals surface area contributed by atoms with Gasteiger partial charge in [-0.3, -0.25) is 9.10 Å². The third kappa shape index (κ3) is 5.66. The van der Waals surface area contributed by atoms with Gasteiger partial charge in [-0.1, -0.05) is 41.4 Å². The Morgan fingerprint density at radius 3 is 2.26 bits per heavy atom. The lowest BCUT2D eigenvalue weighted by Gasteiger charge is -2.25. The van der Waals surface area contributed by atoms with Gasteiger partial charge in [-0.2, -0.15) is 5.10 Å². The van der Waals surface area contributed by atoms with Gasteiger partial charge >= 0.3 is 0 Å². The van der Waals surface area contributed by atoms with Gasteiger partial charge in [-0.15, -0.1) is 0 Å². The fraction of sp³-hybridized carbons (Fsp3) is 0.231. The SMILES string of the molecule is Cc1ccc(S(=O)(=O)N(CC(=O)N/N=C\c2ccc(C)c(C)c2C)c2ccc(Cl)cc2C)cc1. The van der Waals surface area contributed by atoms with Crippen LogP contribution in [0, 0.1) is 34.6 Å². The lowest BCUT2D eigenvalue weighted by Crippen LogP contribution is -2.40. The number of carbonyl (C=O) groups is 1. The summed E-state index contributed by atoms with van der Waals surface area (Å²) in [6, 6.07) is 15.3. The van der Waals surface area contributed by atoms with E-state index in [1.165, 1.54) is 17.7 Å². The number of anilines is 1. The molecule has 0 aliphatic carbocycles.